The summed E-state index contributed by atoms with van der Waals surface area (Å²) >= 11 is 0. The van der Waals surface area contributed by atoms with Crippen LogP contribution >= 0.6 is 0 Å². The number of amides is 2. The molecule has 0 aromatic carbocycles. The van der Waals surface area contributed by atoms with Crippen molar-refractivity contribution in [3.05, 3.63) is 54.6 Å². The first kappa shape index (κ1) is 17.2. The highest BCUT2D eigenvalue weighted by molar-refractivity contribution is 5.74. The lowest BCUT2D eigenvalue weighted by atomic mass is 9.97. The van der Waals surface area contributed by atoms with Crippen LogP contribution in [0.2, 0.25) is 0 Å². The van der Waals surface area contributed by atoms with Crippen molar-refractivity contribution in [2.75, 3.05) is 19.7 Å². The maximum atomic E-state index is 12.6. The van der Waals surface area contributed by atoms with Crippen molar-refractivity contribution in [2.24, 2.45) is 0 Å². The van der Waals surface area contributed by atoms with Gasteiger partial charge in [-0.2, -0.15) is 0 Å². The number of carbonyl (C=O) groups is 1. The minimum Gasteiger partial charge on any atom is -0.492 e. The Labute approximate surface area is 148 Å². The molecule has 0 aliphatic carbocycles. The highest BCUT2D eigenvalue weighted by Gasteiger charge is 2.27. The predicted molar refractivity (Wildman–Crippen MR) is 95.3 cm³/mol. The first-order valence-electron chi connectivity index (χ1n) is 8.82. The molecule has 0 spiro atoms. The van der Waals surface area contributed by atoms with Crippen molar-refractivity contribution in [3.63, 3.8) is 0 Å². The zero-order valence-electron chi connectivity index (χ0n) is 14.3. The van der Waals surface area contributed by atoms with Crippen LogP contribution in [0.15, 0.2) is 49.1 Å². The second kappa shape index (κ2) is 9.01. The fourth-order valence-electron chi connectivity index (χ4n) is 3.09. The van der Waals surface area contributed by atoms with E-state index < -0.39 is 0 Å². The lowest BCUT2D eigenvalue weighted by Crippen LogP contribution is -2.45. The number of aromatic nitrogens is 2. The zero-order chi connectivity index (χ0) is 17.3. The molecule has 2 aromatic rings. The highest BCUT2D eigenvalue weighted by atomic mass is 16.5. The lowest BCUT2D eigenvalue weighted by molar-refractivity contribution is 0.151. The average Bonchev–Trinajstić information content (AvgIpc) is 2.69. The van der Waals surface area contributed by atoms with Gasteiger partial charge in [-0.25, -0.2) is 4.79 Å². The molecular weight excluding hydrogens is 316 g/mol. The first-order chi connectivity index (χ1) is 12.3. The molecule has 2 amide bonds. The largest absolute Gasteiger partial charge is 0.492 e. The van der Waals surface area contributed by atoms with E-state index in [2.05, 4.69) is 15.3 Å². The van der Waals surface area contributed by atoms with E-state index in [1.807, 2.05) is 35.4 Å². The summed E-state index contributed by atoms with van der Waals surface area (Å²) in [5.74, 6) is 0.751. The molecule has 0 bridgehead atoms. The maximum absolute atomic E-state index is 12.6. The van der Waals surface area contributed by atoms with Gasteiger partial charge in [0, 0.05) is 31.7 Å². The van der Waals surface area contributed by atoms with Crippen molar-refractivity contribution >= 4 is 6.03 Å². The molecule has 1 fully saturated rings. The average molecular weight is 340 g/mol. The van der Waals surface area contributed by atoms with Gasteiger partial charge in [0.05, 0.1) is 18.8 Å². The van der Waals surface area contributed by atoms with Crippen LogP contribution in [0.3, 0.4) is 0 Å². The number of rotatable bonds is 6. The fraction of sp³-hybridized carbons (Fsp3) is 0.421. The number of hydrogen-bond donors (Lipinski definition) is 1. The SMILES string of the molecule is O=C(NCCCOc1cccnc1)N1CCCC[C@H]1c1cccnc1. The Morgan fingerprint density at radius 3 is 2.80 bits per heavy atom. The van der Waals surface area contributed by atoms with Gasteiger partial charge in [0.25, 0.3) is 0 Å². The monoisotopic (exact) mass is 340 g/mol. The van der Waals surface area contributed by atoms with Gasteiger partial charge in [0.15, 0.2) is 0 Å². The van der Waals surface area contributed by atoms with Gasteiger partial charge in [-0.05, 0) is 49.4 Å². The van der Waals surface area contributed by atoms with Crippen LogP contribution in [-0.4, -0.2) is 40.6 Å². The molecule has 25 heavy (non-hydrogen) atoms. The van der Waals surface area contributed by atoms with E-state index in [1.54, 1.807) is 18.6 Å². The van der Waals surface area contributed by atoms with E-state index in [-0.39, 0.29) is 12.1 Å². The van der Waals surface area contributed by atoms with E-state index in [4.69, 9.17) is 4.74 Å². The molecule has 0 saturated carbocycles. The third-order valence-corrected chi connectivity index (χ3v) is 4.33. The number of ether oxygens (including phenoxy) is 1. The summed E-state index contributed by atoms with van der Waals surface area (Å²) in [5.41, 5.74) is 1.11. The molecule has 6 heteroatoms. The van der Waals surface area contributed by atoms with E-state index in [0.29, 0.717) is 13.2 Å². The minimum absolute atomic E-state index is 0.00469. The second-order valence-corrected chi connectivity index (χ2v) is 6.11. The van der Waals surface area contributed by atoms with E-state index >= 15 is 0 Å². The summed E-state index contributed by atoms with van der Waals surface area (Å²) < 4.78 is 5.59. The number of pyridine rings is 2. The molecule has 1 atom stereocenters. The van der Waals surface area contributed by atoms with Crippen molar-refractivity contribution in [3.8, 4) is 5.75 Å². The number of carbonyl (C=O) groups excluding carboxylic acids is 1. The number of hydrogen-bond acceptors (Lipinski definition) is 4. The Hall–Kier alpha value is -2.63. The molecule has 0 unspecified atom stereocenters. The van der Waals surface area contributed by atoms with Crippen molar-refractivity contribution < 1.29 is 9.53 Å². The quantitative estimate of drug-likeness (QED) is 0.820. The van der Waals surface area contributed by atoms with Gasteiger partial charge in [-0.1, -0.05) is 6.07 Å². The van der Waals surface area contributed by atoms with Gasteiger partial charge in [-0.3, -0.25) is 9.97 Å². The fourth-order valence-corrected chi connectivity index (χ4v) is 3.09. The molecule has 3 heterocycles. The molecular formula is C19H24N4O2. The standard InChI is InChI=1S/C19H24N4O2/c24-19(22-11-5-13-25-17-7-4-10-21-15-17)23-12-2-1-8-18(23)16-6-3-9-20-14-16/h3-4,6-7,9-10,14-15,18H,1-2,5,8,11-13H2,(H,22,24)/t18-/m0/s1. The summed E-state index contributed by atoms with van der Waals surface area (Å²) in [4.78, 5) is 22.7. The summed E-state index contributed by atoms with van der Waals surface area (Å²) in [6, 6.07) is 7.80. The first-order valence-corrected chi connectivity index (χ1v) is 8.82. The van der Waals surface area contributed by atoms with Crippen LogP contribution in [0, 0.1) is 0 Å². The third kappa shape index (κ3) is 4.92. The van der Waals surface area contributed by atoms with Crippen LogP contribution in [0.4, 0.5) is 4.79 Å². The Morgan fingerprint density at radius 1 is 1.20 bits per heavy atom. The van der Waals surface area contributed by atoms with Gasteiger partial charge in [0.2, 0.25) is 0 Å². The number of nitrogens with zero attached hydrogens (tertiary/aromatic N) is 3. The Bertz CT molecular complexity index is 651. The maximum Gasteiger partial charge on any atom is 0.317 e. The van der Waals surface area contributed by atoms with Gasteiger partial charge >= 0.3 is 6.03 Å². The number of urea groups is 1. The predicted octanol–water partition coefficient (Wildman–Crippen LogP) is 3.18. The molecule has 132 valence electrons. The summed E-state index contributed by atoms with van der Waals surface area (Å²) in [5, 5.41) is 3.01. The van der Waals surface area contributed by atoms with Gasteiger partial charge < -0.3 is 15.0 Å². The third-order valence-electron chi connectivity index (χ3n) is 4.33. The molecule has 1 saturated heterocycles. The van der Waals surface area contributed by atoms with Gasteiger partial charge in [-0.15, -0.1) is 0 Å². The summed E-state index contributed by atoms with van der Waals surface area (Å²) in [6.45, 7) is 1.94. The molecule has 6 nitrogen and oxygen atoms in total. The second-order valence-electron chi connectivity index (χ2n) is 6.11. The molecule has 2 aromatic heterocycles. The van der Waals surface area contributed by atoms with Crippen molar-refractivity contribution in [1.29, 1.82) is 0 Å². The van der Waals surface area contributed by atoms with Crippen LogP contribution in [-0.2, 0) is 0 Å². The Kier molecular flexibility index (Phi) is 6.20. The lowest BCUT2D eigenvalue weighted by Gasteiger charge is -2.35. The highest BCUT2D eigenvalue weighted by Crippen LogP contribution is 2.30. The normalized spacial score (nSPS) is 17.1. The molecule has 3 rings (SSSR count). The van der Waals surface area contributed by atoms with Crippen LogP contribution in [0.1, 0.15) is 37.3 Å². The summed E-state index contributed by atoms with van der Waals surface area (Å²) in [7, 11) is 0. The molecule has 1 aliphatic rings. The van der Waals surface area contributed by atoms with Crippen LogP contribution in [0.5, 0.6) is 5.75 Å². The zero-order valence-corrected chi connectivity index (χ0v) is 14.3. The molecule has 1 aliphatic heterocycles. The van der Waals surface area contributed by atoms with Crippen molar-refractivity contribution in [1.82, 2.24) is 20.2 Å². The van der Waals surface area contributed by atoms with Crippen molar-refractivity contribution in [2.45, 2.75) is 31.7 Å². The minimum atomic E-state index is -0.00469. The van der Waals surface area contributed by atoms with Gasteiger partial charge in [0.1, 0.15) is 5.75 Å². The summed E-state index contributed by atoms with van der Waals surface area (Å²) in [6.07, 6.45) is 11.0. The Morgan fingerprint density at radius 2 is 2.04 bits per heavy atom. The van der Waals surface area contributed by atoms with Crippen LogP contribution < -0.4 is 10.1 Å². The Balaban J connectivity index is 1.45. The van der Waals surface area contributed by atoms with E-state index in [1.165, 1.54) is 0 Å². The molecule has 1 N–H and O–H groups in total. The topological polar surface area (TPSA) is 67.3 Å². The van der Waals surface area contributed by atoms with E-state index in [9.17, 15) is 4.79 Å². The molecule has 0 radical (unpaired) electrons. The number of likely N-dealkylation sites (tertiary alicyclic amines) is 1. The smallest absolute Gasteiger partial charge is 0.317 e. The number of nitrogens with one attached hydrogen (secondary N) is 1. The van der Waals surface area contributed by atoms with E-state index in [0.717, 1.165) is 43.5 Å². The number of piperidine rings is 1. The van der Waals surface area contributed by atoms with Crippen LogP contribution in [0.25, 0.3) is 0 Å².